The summed E-state index contributed by atoms with van der Waals surface area (Å²) >= 11 is 0. The zero-order valence-electron chi connectivity index (χ0n) is 9.11. The molecule has 4 nitrogen and oxygen atoms in total. The highest BCUT2D eigenvalue weighted by Crippen LogP contribution is 2.18. The summed E-state index contributed by atoms with van der Waals surface area (Å²) in [5.74, 6) is -0.0709. The number of nitrogens with one attached hydrogen (secondary N) is 1. The quantitative estimate of drug-likeness (QED) is 0.806. The minimum Gasteiger partial charge on any atom is -0.368 e. The number of hydrogen-bond acceptors (Lipinski definition) is 3. The van der Waals surface area contributed by atoms with E-state index in [4.69, 9.17) is 10.5 Å². The Morgan fingerprint density at radius 1 is 1.50 bits per heavy atom. The maximum absolute atomic E-state index is 11.8. The summed E-state index contributed by atoms with van der Waals surface area (Å²) in [6.45, 7) is 1.10. The van der Waals surface area contributed by atoms with E-state index < -0.39 is 0 Å². The lowest BCUT2D eigenvalue weighted by atomic mass is 10.1. The van der Waals surface area contributed by atoms with E-state index in [9.17, 15) is 4.79 Å². The molecule has 0 unspecified atom stereocenters. The molecule has 1 aliphatic rings. The predicted octanol–water partition coefficient (Wildman–Crippen LogP) is 1.26. The molecule has 0 aromatic heterocycles. The molecule has 16 heavy (non-hydrogen) atoms. The summed E-state index contributed by atoms with van der Waals surface area (Å²) in [5.41, 5.74) is 7.32. The van der Waals surface area contributed by atoms with Gasteiger partial charge in [0.15, 0.2) is 0 Å². The van der Waals surface area contributed by atoms with Crippen LogP contribution in [0.1, 0.15) is 18.4 Å². The first-order valence-corrected chi connectivity index (χ1v) is 5.51. The van der Waals surface area contributed by atoms with Gasteiger partial charge in [0.05, 0.1) is 0 Å². The fourth-order valence-corrected chi connectivity index (χ4v) is 1.82. The van der Waals surface area contributed by atoms with Crippen LogP contribution in [-0.4, -0.2) is 18.6 Å². The van der Waals surface area contributed by atoms with Crippen LogP contribution in [0.25, 0.3) is 0 Å². The van der Waals surface area contributed by atoms with Crippen LogP contribution in [0.4, 0.5) is 5.69 Å². The van der Waals surface area contributed by atoms with Crippen LogP contribution < -0.4 is 11.1 Å². The smallest absolute Gasteiger partial charge is 0.253 e. The van der Waals surface area contributed by atoms with Crippen LogP contribution in [0.3, 0.4) is 0 Å². The zero-order chi connectivity index (χ0) is 11.4. The lowest BCUT2D eigenvalue weighted by Crippen LogP contribution is -2.27. The molecule has 1 atom stereocenters. The molecule has 3 N–H and O–H groups in total. The zero-order valence-corrected chi connectivity index (χ0v) is 9.11. The number of hydrogen-bond donors (Lipinski definition) is 2. The molecule has 1 aliphatic heterocycles. The monoisotopic (exact) mass is 220 g/mol. The Labute approximate surface area is 94.8 Å². The van der Waals surface area contributed by atoms with E-state index in [1.54, 1.807) is 0 Å². The van der Waals surface area contributed by atoms with Gasteiger partial charge in [-0.25, -0.2) is 0 Å². The number of para-hydroxylation sites is 1. The number of nitrogens with two attached hydrogens (primary N) is 1. The molecule has 4 heteroatoms. The van der Waals surface area contributed by atoms with Gasteiger partial charge in [0.1, 0.15) is 6.10 Å². The van der Waals surface area contributed by atoms with Gasteiger partial charge >= 0.3 is 0 Å². The third-order valence-corrected chi connectivity index (χ3v) is 2.72. The highest BCUT2D eigenvalue weighted by molar-refractivity contribution is 5.94. The Bertz CT molecular complexity index is 373. The largest absolute Gasteiger partial charge is 0.368 e. The second-order valence-corrected chi connectivity index (χ2v) is 3.85. The van der Waals surface area contributed by atoms with Crippen molar-refractivity contribution < 1.29 is 9.53 Å². The molecule has 1 amide bonds. The summed E-state index contributed by atoms with van der Waals surface area (Å²) in [4.78, 5) is 11.8. The average Bonchev–Trinajstić information content (AvgIpc) is 2.83. The molecule has 1 aromatic carbocycles. The Hall–Kier alpha value is -1.39. The number of rotatable bonds is 3. The molecule has 0 spiro atoms. The standard InChI is InChI=1S/C12H16N2O2/c13-8-9-4-1-2-5-10(9)14-12(15)11-6-3-7-16-11/h1-2,4-5,11H,3,6-8,13H2,(H,14,15)/t11-/m0/s1. The number of benzene rings is 1. The van der Waals surface area contributed by atoms with Crippen molar-refractivity contribution in [1.82, 2.24) is 0 Å². The number of carbonyl (C=O) groups is 1. The average molecular weight is 220 g/mol. The molecule has 1 fully saturated rings. The number of anilines is 1. The minimum absolute atomic E-state index is 0.0709. The summed E-state index contributed by atoms with van der Waals surface area (Å²) in [5, 5.41) is 2.86. The first-order chi connectivity index (χ1) is 7.81. The molecule has 1 aromatic rings. The van der Waals surface area contributed by atoms with Gasteiger partial charge in [0.25, 0.3) is 5.91 Å². The minimum atomic E-state index is -0.300. The van der Waals surface area contributed by atoms with E-state index in [2.05, 4.69) is 5.32 Å². The topological polar surface area (TPSA) is 64.3 Å². The van der Waals surface area contributed by atoms with Crippen molar-refractivity contribution in [2.45, 2.75) is 25.5 Å². The third kappa shape index (κ3) is 2.40. The summed E-state index contributed by atoms with van der Waals surface area (Å²) in [6.07, 6.45) is 1.46. The van der Waals surface area contributed by atoms with E-state index >= 15 is 0 Å². The first-order valence-electron chi connectivity index (χ1n) is 5.51. The molecule has 1 heterocycles. The summed E-state index contributed by atoms with van der Waals surface area (Å²) in [7, 11) is 0. The molecule has 0 radical (unpaired) electrons. The molecule has 0 saturated carbocycles. The van der Waals surface area contributed by atoms with Crippen molar-refractivity contribution in [3.8, 4) is 0 Å². The third-order valence-electron chi connectivity index (χ3n) is 2.72. The molecule has 1 saturated heterocycles. The molecule has 86 valence electrons. The van der Waals surface area contributed by atoms with Crippen LogP contribution in [0, 0.1) is 0 Å². The van der Waals surface area contributed by atoms with Crippen LogP contribution >= 0.6 is 0 Å². The van der Waals surface area contributed by atoms with E-state index in [1.807, 2.05) is 24.3 Å². The van der Waals surface area contributed by atoms with Crippen molar-refractivity contribution in [3.05, 3.63) is 29.8 Å². The predicted molar refractivity (Wildman–Crippen MR) is 61.9 cm³/mol. The van der Waals surface area contributed by atoms with Crippen LogP contribution in [0.2, 0.25) is 0 Å². The number of carbonyl (C=O) groups excluding carboxylic acids is 1. The first kappa shape index (κ1) is 11.1. The molecule has 0 aliphatic carbocycles. The fourth-order valence-electron chi connectivity index (χ4n) is 1.82. The second-order valence-electron chi connectivity index (χ2n) is 3.85. The number of amides is 1. The van der Waals surface area contributed by atoms with Gasteiger partial charge < -0.3 is 15.8 Å². The van der Waals surface area contributed by atoms with Gasteiger partial charge in [0, 0.05) is 18.8 Å². The van der Waals surface area contributed by atoms with E-state index in [-0.39, 0.29) is 12.0 Å². The summed E-state index contributed by atoms with van der Waals surface area (Å²) in [6, 6.07) is 7.55. The van der Waals surface area contributed by atoms with Gasteiger partial charge in [-0.05, 0) is 24.5 Å². The van der Waals surface area contributed by atoms with Crippen molar-refractivity contribution >= 4 is 11.6 Å². The van der Waals surface area contributed by atoms with Crippen LogP contribution in [0.15, 0.2) is 24.3 Å². The lowest BCUT2D eigenvalue weighted by Gasteiger charge is -2.12. The van der Waals surface area contributed by atoms with Crippen molar-refractivity contribution in [3.63, 3.8) is 0 Å². The van der Waals surface area contributed by atoms with Crippen LogP contribution in [0.5, 0.6) is 0 Å². The van der Waals surface area contributed by atoms with E-state index in [1.165, 1.54) is 0 Å². The molecule has 2 rings (SSSR count). The van der Waals surface area contributed by atoms with Gasteiger partial charge in [-0.2, -0.15) is 0 Å². The Balaban J connectivity index is 2.05. The molecular formula is C12H16N2O2. The second kappa shape index (κ2) is 5.09. The van der Waals surface area contributed by atoms with Gasteiger partial charge in [-0.15, -0.1) is 0 Å². The SMILES string of the molecule is NCc1ccccc1NC(=O)[C@@H]1CCCO1. The van der Waals surface area contributed by atoms with Crippen molar-refractivity contribution in [1.29, 1.82) is 0 Å². The normalized spacial score (nSPS) is 19.7. The maximum Gasteiger partial charge on any atom is 0.253 e. The Kier molecular flexibility index (Phi) is 3.54. The molecular weight excluding hydrogens is 204 g/mol. The Morgan fingerprint density at radius 2 is 2.31 bits per heavy atom. The summed E-state index contributed by atoms with van der Waals surface area (Å²) < 4.78 is 5.32. The maximum atomic E-state index is 11.8. The highest BCUT2D eigenvalue weighted by Gasteiger charge is 2.23. The fraction of sp³-hybridized carbons (Fsp3) is 0.417. The van der Waals surface area contributed by atoms with Crippen LogP contribution in [-0.2, 0) is 16.1 Å². The van der Waals surface area contributed by atoms with Gasteiger partial charge in [-0.1, -0.05) is 18.2 Å². The lowest BCUT2D eigenvalue weighted by molar-refractivity contribution is -0.124. The van der Waals surface area contributed by atoms with E-state index in [0.717, 1.165) is 24.1 Å². The Morgan fingerprint density at radius 3 is 3.00 bits per heavy atom. The van der Waals surface area contributed by atoms with E-state index in [0.29, 0.717) is 13.2 Å². The van der Waals surface area contributed by atoms with Gasteiger partial charge in [-0.3, -0.25) is 4.79 Å². The van der Waals surface area contributed by atoms with Gasteiger partial charge in [0.2, 0.25) is 0 Å². The van der Waals surface area contributed by atoms with Crippen molar-refractivity contribution in [2.75, 3.05) is 11.9 Å². The molecule has 0 bridgehead atoms. The number of ether oxygens (including phenoxy) is 1. The highest BCUT2D eigenvalue weighted by atomic mass is 16.5. The van der Waals surface area contributed by atoms with Crippen molar-refractivity contribution in [2.24, 2.45) is 5.73 Å².